The summed E-state index contributed by atoms with van der Waals surface area (Å²) in [6.45, 7) is 11.2. The Morgan fingerprint density at radius 3 is 2.75 bits per heavy atom. The van der Waals surface area contributed by atoms with Crippen molar-refractivity contribution < 1.29 is 19.1 Å². The van der Waals surface area contributed by atoms with Gasteiger partial charge in [0.15, 0.2) is 0 Å². The summed E-state index contributed by atoms with van der Waals surface area (Å²) in [7, 11) is 0. The molecule has 7 heteroatoms. The lowest BCUT2D eigenvalue weighted by atomic mass is 9.76. The van der Waals surface area contributed by atoms with Crippen LogP contribution in [0.2, 0.25) is 0 Å². The second-order valence-corrected chi connectivity index (χ2v) is 9.50. The van der Waals surface area contributed by atoms with Crippen molar-refractivity contribution in [2.75, 3.05) is 26.4 Å². The Morgan fingerprint density at radius 2 is 2.09 bits per heavy atom. The molecule has 0 bridgehead atoms. The van der Waals surface area contributed by atoms with Crippen LogP contribution in [0.3, 0.4) is 0 Å². The van der Waals surface area contributed by atoms with Crippen molar-refractivity contribution in [1.82, 2.24) is 15.1 Å². The molecule has 1 N–H and O–H groups in total. The Morgan fingerprint density at radius 1 is 1.34 bits per heavy atom. The van der Waals surface area contributed by atoms with Crippen LogP contribution in [0.25, 0.3) is 0 Å². The highest BCUT2D eigenvalue weighted by atomic mass is 16.5. The zero-order chi connectivity index (χ0) is 22.9. The molecule has 1 unspecified atom stereocenters. The number of amides is 1. The van der Waals surface area contributed by atoms with Crippen LogP contribution < -0.4 is 5.32 Å². The summed E-state index contributed by atoms with van der Waals surface area (Å²) < 4.78 is 13.2. The van der Waals surface area contributed by atoms with E-state index in [0.717, 1.165) is 66.1 Å². The van der Waals surface area contributed by atoms with E-state index >= 15 is 0 Å². The topological polar surface area (TPSA) is 82.5 Å². The number of rotatable bonds is 6. The minimum absolute atomic E-state index is 0.0158. The van der Waals surface area contributed by atoms with Gasteiger partial charge < -0.3 is 14.8 Å². The first kappa shape index (κ1) is 22.8. The van der Waals surface area contributed by atoms with Crippen LogP contribution in [0.5, 0.6) is 0 Å². The Balaban J connectivity index is 1.45. The number of aromatic nitrogens is 2. The molecular formula is C25H35N3O4. The van der Waals surface area contributed by atoms with E-state index in [1.54, 1.807) is 0 Å². The molecule has 1 spiro atoms. The predicted molar refractivity (Wildman–Crippen MR) is 121 cm³/mol. The molecule has 1 aromatic rings. The third-order valence-electron chi connectivity index (χ3n) is 7.34. The van der Waals surface area contributed by atoms with Crippen LogP contribution >= 0.6 is 0 Å². The number of hydrogen-bond acceptors (Lipinski definition) is 5. The standard InChI is InChI=1S/C25H35N3O4/c1-5-19-22-20(14-25(15-26-23(22)29)7-11-31-12-8-25)28(27-19)9-6-10-32-24(30)21-17(3)13-16(2)18(21)4/h13,16H,5-12,14-15H2,1-4H3,(H,26,29). The Labute approximate surface area is 190 Å². The summed E-state index contributed by atoms with van der Waals surface area (Å²) in [5.74, 6) is 0.0285. The van der Waals surface area contributed by atoms with Crippen molar-refractivity contribution in [2.45, 2.75) is 66.3 Å². The first-order chi connectivity index (χ1) is 15.3. The van der Waals surface area contributed by atoms with Gasteiger partial charge in [0.2, 0.25) is 0 Å². The summed E-state index contributed by atoms with van der Waals surface area (Å²) in [4.78, 5) is 25.5. The summed E-state index contributed by atoms with van der Waals surface area (Å²) in [5, 5.41) is 7.92. The lowest BCUT2D eigenvalue weighted by Crippen LogP contribution is -2.40. The summed E-state index contributed by atoms with van der Waals surface area (Å²) in [5.41, 5.74) is 5.43. The molecule has 3 heterocycles. The quantitative estimate of drug-likeness (QED) is 0.541. The molecular weight excluding hydrogens is 406 g/mol. The van der Waals surface area contributed by atoms with Gasteiger partial charge in [0.1, 0.15) is 0 Å². The number of aryl methyl sites for hydroxylation is 2. The van der Waals surface area contributed by atoms with Gasteiger partial charge in [-0.3, -0.25) is 9.48 Å². The highest BCUT2D eigenvalue weighted by molar-refractivity contribution is 5.97. The Kier molecular flexibility index (Phi) is 6.56. The normalized spacial score (nSPS) is 22.4. The first-order valence-corrected chi connectivity index (χ1v) is 11.9. The molecule has 32 heavy (non-hydrogen) atoms. The van der Waals surface area contributed by atoms with Crippen LogP contribution in [0.15, 0.2) is 22.8 Å². The molecule has 1 saturated heterocycles. The van der Waals surface area contributed by atoms with Crippen molar-refractivity contribution >= 4 is 11.9 Å². The van der Waals surface area contributed by atoms with Crippen LogP contribution in [-0.2, 0) is 33.7 Å². The SMILES string of the molecule is CCc1nn(CCCOC(=O)C2=C(C)C(C)C=C2C)c2c1C(=O)NCC1(CCOCC1)C2. The summed E-state index contributed by atoms with van der Waals surface area (Å²) in [6.07, 6.45) is 6.18. The van der Waals surface area contributed by atoms with Crippen LogP contribution in [0.1, 0.15) is 68.7 Å². The van der Waals surface area contributed by atoms with Crippen molar-refractivity contribution in [3.63, 3.8) is 0 Å². The van der Waals surface area contributed by atoms with Crippen LogP contribution in [0.4, 0.5) is 0 Å². The fourth-order valence-electron chi connectivity index (χ4n) is 5.25. The van der Waals surface area contributed by atoms with E-state index in [-0.39, 0.29) is 23.2 Å². The third kappa shape index (κ3) is 4.27. The number of nitrogens with one attached hydrogen (secondary N) is 1. The summed E-state index contributed by atoms with van der Waals surface area (Å²) in [6, 6.07) is 0. The average Bonchev–Trinajstić information content (AvgIpc) is 3.20. The number of hydrogen-bond donors (Lipinski definition) is 1. The monoisotopic (exact) mass is 441 g/mol. The molecule has 1 aliphatic carbocycles. The van der Waals surface area contributed by atoms with Crippen LogP contribution in [-0.4, -0.2) is 48.0 Å². The lowest BCUT2D eigenvalue weighted by molar-refractivity contribution is -0.138. The van der Waals surface area contributed by atoms with Gasteiger partial charge in [0.05, 0.1) is 29.1 Å². The van der Waals surface area contributed by atoms with Crippen molar-refractivity contribution in [2.24, 2.45) is 11.3 Å². The largest absolute Gasteiger partial charge is 0.462 e. The van der Waals surface area contributed by atoms with Gasteiger partial charge in [-0.05, 0) is 56.4 Å². The molecule has 1 fully saturated rings. The maximum atomic E-state index is 12.9. The van der Waals surface area contributed by atoms with Gasteiger partial charge >= 0.3 is 5.97 Å². The zero-order valence-corrected chi connectivity index (χ0v) is 19.8. The van der Waals surface area contributed by atoms with Gasteiger partial charge in [-0.25, -0.2) is 4.79 Å². The van der Waals surface area contributed by atoms with E-state index in [4.69, 9.17) is 14.6 Å². The highest BCUT2D eigenvalue weighted by Gasteiger charge is 2.39. The number of carbonyl (C=O) groups is 2. The van der Waals surface area contributed by atoms with Crippen molar-refractivity contribution in [3.8, 4) is 0 Å². The molecule has 0 saturated carbocycles. The maximum Gasteiger partial charge on any atom is 0.338 e. The average molecular weight is 442 g/mol. The Hall–Kier alpha value is -2.41. The molecule has 1 atom stereocenters. The predicted octanol–water partition coefficient (Wildman–Crippen LogP) is 3.37. The zero-order valence-electron chi connectivity index (χ0n) is 19.8. The number of fused-ring (bicyclic) bond motifs is 1. The number of nitrogens with zero attached hydrogens (tertiary/aromatic N) is 2. The number of carbonyl (C=O) groups excluding carboxylic acids is 2. The fourth-order valence-corrected chi connectivity index (χ4v) is 5.25. The van der Waals surface area contributed by atoms with Crippen LogP contribution in [0, 0.1) is 11.3 Å². The molecule has 2 aliphatic heterocycles. The minimum Gasteiger partial charge on any atom is -0.462 e. The highest BCUT2D eigenvalue weighted by Crippen LogP contribution is 2.37. The van der Waals surface area contributed by atoms with Crippen molar-refractivity contribution in [1.29, 1.82) is 0 Å². The van der Waals surface area contributed by atoms with E-state index < -0.39 is 0 Å². The maximum absolute atomic E-state index is 12.9. The molecule has 0 radical (unpaired) electrons. The molecule has 174 valence electrons. The fraction of sp³-hybridized carbons (Fsp3) is 0.640. The minimum atomic E-state index is -0.241. The third-order valence-corrected chi connectivity index (χ3v) is 7.34. The second kappa shape index (κ2) is 9.22. The summed E-state index contributed by atoms with van der Waals surface area (Å²) >= 11 is 0. The number of allylic oxidation sites excluding steroid dienone is 2. The van der Waals surface area contributed by atoms with E-state index in [1.165, 1.54) is 0 Å². The molecule has 1 aromatic heterocycles. The molecule has 3 aliphatic rings. The number of ether oxygens (including phenoxy) is 2. The van der Waals surface area contributed by atoms with Gasteiger partial charge in [-0.15, -0.1) is 0 Å². The molecule has 4 rings (SSSR count). The smallest absolute Gasteiger partial charge is 0.338 e. The first-order valence-electron chi connectivity index (χ1n) is 11.9. The van der Waals surface area contributed by atoms with Gasteiger partial charge in [-0.1, -0.05) is 25.5 Å². The van der Waals surface area contributed by atoms with E-state index in [9.17, 15) is 9.59 Å². The van der Waals surface area contributed by atoms with E-state index in [0.29, 0.717) is 32.5 Å². The lowest BCUT2D eigenvalue weighted by Gasteiger charge is -2.36. The van der Waals surface area contributed by atoms with Gasteiger partial charge in [-0.2, -0.15) is 5.10 Å². The molecule has 0 aromatic carbocycles. The second-order valence-electron chi connectivity index (χ2n) is 9.50. The van der Waals surface area contributed by atoms with E-state index in [2.05, 4.69) is 18.3 Å². The van der Waals surface area contributed by atoms with Gasteiger partial charge in [0, 0.05) is 32.7 Å². The van der Waals surface area contributed by atoms with Crippen molar-refractivity contribution in [3.05, 3.63) is 39.7 Å². The van der Waals surface area contributed by atoms with E-state index in [1.807, 2.05) is 25.5 Å². The molecule has 7 nitrogen and oxygen atoms in total. The van der Waals surface area contributed by atoms with Gasteiger partial charge in [0.25, 0.3) is 5.91 Å². The Bertz CT molecular complexity index is 966. The number of esters is 1. The molecule has 1 amide bonds.